The van der Waals surface area contributed by atoms with E-state index in [1.807, 2.05) is 17.7 Å². The smallest absolute Gasteiger partial charge is 0.308 e. The number of aryl methyl sites for hydroxylation is 2. The van der Waals surface area contributed by atoms with Crippen LogP contribution in [0.15, 0.2) is 6.07 Å². The quantitative estimate of drug-likeness (QED) is 0.867. The van der Waals surface area contributed by atoms with Crippen molar-refractivity contribution < 1.29 is 14.7 Å². The van der Waals surface area contributed by atoms with Gasteiger partial charge in [-0.15, -0.1) is 0 Å². The maximum Gasteiger partial charge on any atom is 0.308 e. The minimum Gasteiger partial charge on any atom is -0.481 e. The van der Waals surface area contributed by atoms with Crippen LogP contribution in [0.3, 0.4) is 0 Å². The molecular weight excluding hydrogens is 234 g/mol. The lowest BCUT2D eigenvalue weighted by Gasteiger charge is -2.11. The SMILES string of the molecule is CCCn1nc(N2C[C@H](C(=O)O)CC2=O)cc1C. The van der Waals surface area contributed by atoms with Crippen LogP contribution in [0.2, 0.25) is 0 Å². The molecule has 0 bridgehead atoms. The van der Waals surface area contributed by atoms with Gasteiger partial charge in [0, 0.05) is 31.3 Å². The summed E-state index contributed by atoms with van der Waals surface area (Å²) < 4.78 is 1.84. The highest BCUT2D eigenvalue weighted by Crippen LogP contribution is 2.24. The van der Waals surface area contributed by atoms with E-state index < -0.39 is 11.9 Å². The predicted octanol–water partition coefficient (Wildman–Crippen LogP) is 1.04. The number of anilines is 1. The molecule has 6 nitrogen and oxygen atoms in total. The molecule has 1 atom stereocenters. The number of amides is 1. The van der Waals surface area contributed by atoms with Crippen molar-refractivity contribution in [3.8, 4) is 0 Å². The number of hydrogen-bond acceptors (Lipinski definition) is 3. The lowest BCUT2D eigenvalue weighted by atomic mass is 10.1. The van der Waals surface area contributed by atoms with Gasteiger partial charge in [0.2, 0.25) is 5.91 Å². The topological polar surface area (TPSA) is 75.4 Å². The van der Waals surface area contributed by atoms with Crippen molar-refractivity contribution in [2.45, 2.75) is 33.2 Å². The molecule has 1 fully saturated rings. The van der Waals surface area contributed by atoms with E-state index in [9.17, 15) is 9.59 Å². The fourth-order valence-electron chi connectivity index (χ4n) is 2.16. The summed E-state index contributed by atoms with van der Waals surface area (Å²) in [5.41, 5.74) is 0.985. The van der Waals surface area contributed by atoms with Crippen molar-refractivity contribution >= 4 is 17.7 Å². The number of hydrogen-bond donors (Lipinski definition) is 1. The summed E-state index contributed by atoms with van der Waals surface area (Å²) in [4.78, 5) is 24.1. The van der Waals surface area contributed by atoms with E-state index in [0.717, 1.165) is 18.7 Å². The minimum absolute atomic E-state index is 0.0645. The van der Waals surface area contributed by atoms with Crippen molar-refractivity contribution in [3.05, 3.63) is 11.8 Å². The fraction of sp³-hybridized carbons (Fsp3) is 0.583. The lowest BCUT2D eigenvalue weighted by molar-refractivity contribution is -0.141. The molecule has 2 rings (SSSR count). The maximum atomic E-state index is 11.8. The second kappa shape index (κ2) is 4.80. The highest BCUT2D eigenvalue weighted by atomic mass is 16.4. The van der Waals surface area contributed by atoms with Gasteiger partial charge in [0.05, 0.1) is 5.92 Å². The number of carboxylic acids is 1. The van der Waals surface area contributed by atoms with Crippen LogP contribution in [0.4, 0.5) is 5.82 Å². The van der Waals surface area contributed by atoms with E-state index in [1.165, 1.54) is 4.90 Å². The Balaban J connectivity index is 2.19. The Kier molecular flexibility index (Phi) is 3.36. The molecule has 0 aliphatic carbocycles. The molecule has 0 saturated carbocycles. The highest BCUT2D eigenvalue weighted by molar-refractivity contribution is 5.98. The number of carbonyl (C=O) groups excluding carboxylic acids is 1. The third kappa shape index (κ3) is 2.23. The molecule has 2 heterocycles. The Morgan fingerprint density at radius 1 is 1.61 bits per heavy atom. The second-order valence-corrected chi connectivity index (χ2v) is 4.61. The van der Waals surface area contributed by atoms with Gasteiger partial charge in [-0.3, -0.25) is 19.2 Å². The monoisotopic (exact) mass is 251 g/mol. The van der Waals surface area contributed by atoms with Crippen LogP contribution < -0.4 is 4.90 Å². The van der Waals surface area contributed by atoms with Gasteiger partial charge in [-0.25, -0.2) is 0 Å². The first kappa shape index (κ1) is 12.6. The fourth-order valence-corrected chi connectivity index (χ4v) is 2.16. The molecule has 98 valence electrons. The summed E-state index contributed by atoms with van der Waals surface area (Å²) in [5, 5.41) is 13.3. The molecule has 1 N–H and O–H groups in total. The van der Waals surface area contributed by atoms with Crippen LogP contribution in [0.25, 0.3) is 0 Å². The van der Waals surface area contributed by atoms with Crippen molar-refractivity contribution in [1.29, 1.82) is 0 Å². The summed E-state index contributed by atoms with van der Waals surface area (Å²) in [6.45, 7) is 5.01. The zero-order chi connectivity index (χ0) is 13.3. The molecular formula is C12H17N3O3. The summed E-state index contributed by atoms with van der Waals surface area (Å²) in [6, 6.07) is 1.83. The van der Waals surface area contributed by atoms with E-state index in [1.54, 1.807) is 0 Å². The summed E-state index contributed by atoms with van der Waals surface area (Å²) in [7, 11) is 0. The van der Waals surface area contributed by atoms with Crippen LogP contribution in [0.1, 0.15) is 25.5 Å². The van der Waals surface area contributed by atoms with Crippen LogP contribution >= 0.6 is 0 Å². The molecule has 18 heavy (non-hydrogen) atoms. The lowest BCUT2D eigenvalue weighted by Crippen LogP contribution is -2.26. The number of rotatable bonds is 4. The molecule has 1 amide bonds. The Morgan fingerprint density at radius 3 is 2.89 bits per heavy atom. The van der Waals surface area contributed by atoms with Crippen molar-refractivity contribution in [1.82, 2.24) is 9.78 Å². The molecule has 1 saturated heterocycles. The number of nitrogens with zero attached hydrogens (tertiary/aromatic N) is 3. The number of aliphatic carboxylic acids is 1. The maximum absolute atomic E-state index is 11.8. The molecule has 6 heteroatoms. The molecule has 1 aromatic heterocycles. The molecule has 0 unspecified atom stereocenters. The highest BCUT2D eigenvalue weighted by Gasteiger charge is 2.36. The summed E-state index contributed by atoms with van der Waals surface area (Å²) in [6.07, 6.45) is 1.03. The molecule has 1 aromatic rings. The van der Waals surface area contributed by atoms with Crippen LogP contribution in [0.5, 0.6) is 0 Å². The van der Waals surface area contributed by atoms with Gasteiger partial charge in [0.25, 0.3) is 0 Å². The van der Waals surface area contributed by atoms with Gasteiger partial charge < -0.3 is 5.11 Å². The van der Waals surface area contributed by atoms with Crippen molar-refractivity contribution in [3.63, 3.8) is 0 Å². The Labute approximate surface area is 105 Å². The first-order chi connectivity index (χ1) is 8.52. The zero-order valence-corrected chi connectivity index (χ0v) is 10.6. The number of carbonyl (C=O) groups is 2. The minimum atomic E-state index is -0.921. The first-order valence-electron chi connectivity index (χ1n) is 6.10. The Hall–Kier alpha value is -1.85. The van der Waals surface area contributed by atoms with E-state index in [-0.39, 0.29) is 18.9 Å². The van der Waals surface area contributed by atoms with Gasteiger partial charge in [0.15, 0.2) is 5.82 Å². The van der Waals surface area contributed by atoms with Crippen molar-refractivity contribution in [2.75, 3.05) is 11.4 Å². The summed E-state index contributed by atoms with van der Waals surface area (Å²) >= 11 is 0. The number of carboxylic acid groups (broad SMARTS) is 1. The first-order valence-corrected chi connectivity index (χ1v) is 6.10. The van der Waals surface area contributed by atoms with Crippen LogP contribution in [0, 0.1) is 12.8 Å². The average molecular weight is 251 g/mol. The van der Waals surface area contributed by atoms with Gasteiger partial charge in [-0.05, 0) is 13.3 Å². The predicted molar refractivity (Wildman–Crippen MR) is 65.4 cm³/mol. The van der Waals surface area contributed by atoms with E-state index in [0.29, 0.717) is 5.82 Å². The molecule has 1 aliphatic heterocycles. The molecule has 1 aliphatic rings. The standard InChI is InChI=1S/C12H17N3O3/c1-3-4-15-8(2)5-10(13-15)14-7-9(12(17)18)6-11(14)16/h5,9H,3-4,6-7H2,1-2H3,(H,17,18)/t9-/m1/s1. The van der Waals surface area contributed by atoms with Gasteiger partial charge in [-0.2, -0.15) is 5.10 Å². The second-order valence-electron chi connectivity index (χ2n) is 4.61. The Morgan fingerprint density at radius 2 is 2.33 bits per heavy atom. The van der Waals surface area contributed by atoms with Crippen molar-refractivity contribution in [2.24, 2.45) is 5.92 Å². The van der Waals surface area contributed by atoms with Gasteiger partial charge in [-0.1, -0.05) is 6.92 Å². The van der Waals surface area contributed by atoms with E-state index in [4.69, 9.17) is 5.11 Å². The van der Waals surface area contributed by atoms with Crippen LogP contribution in [-0.2, 0) is 16.1 Å². The van der Waals surface area contributed by atoms with Gasteiger partial charge >= 0.3 is 5.97 Å². The Bertz CT molecular complexity index is 481. The van der Waals surface area contributed by atoms with Crippen LogP contribution in [-0.4, -0.2) is 33.3 Å². The number of aromatic nitrogens is 2. The average Bonchev–Trinajstić information content (AvgIpc) is 2.84. The van der Waals surface area contributed by atoms with Gasteiger partial charge in [0.1, 0.15) is 0 Å². The molecule has 0 aromatic carbocycles. The van der Waals surface area contributed by atoms with E-state index in [2.05, 4.69) is 12.0 Å². The third-order valence-corrected chi connectivity index (χ3v) is 3.15. The normalized spacial score (nSPS) is 19.6. The molecule has 0 radical (unpaired) electrons. The third-order valence-electron chi connectivity index (χ3n) is 3.15. The molecule has 0 spiro atoms. The zero-order valence-electron chi connectivity index (χ0n) is 10.6. The largest absolute Gasteiger partial charge is 0.481 e. The summed E-state index contributed by atoms with van der Waals surface area (Å²) in [5.74, 6) is -1.14. The van der Waals surface area contributed by atoms with E-state index >= 15 is 0 Å².